The van der Waals surface area contributed by atoms with Crippen molar-refractivity contribution < 1.29 is 9.18 Å². The number of hydrogen-bond acceptors (Lipinski definition) is 1. The first kappa shape index (κ1) is 12.6. The van der Waals surface area contributed by atoms with Crippen LogP contribution in [0.15, 0.2) is 22.7 Å². The smallest absolute Gasteiger partial charge is 0.224 e. The highest BCUT2D eigenvalue weighted by molar-refractivity contribution is 9.10. The van der Waals surface area contributed by atoms with Gasteiger partial charge in [-0.15, -0.1) is 0 Å². The third-order valence-corrected chi connectivity index (χ3v) is 3.81. The number of anilines is 1. The zero-order valence-corrected chi connectivity index (χ0v) is 11.1. The van der Waals surface area contributed by atoms with E-state index in [9.17, 15) is 9.18 Å². The number of amides is 1. The molecule has 1 amide bonds. The number of carbonyl (C=O) groups is 1. The predicted molar refractivity (Wildman–Crippen MR) is 69.3 cm³/mol. The highest BCUT2D eigenvalue weighted by Gasteiger charge is 2.18. The molecule has 4 heteroatoms. The summed E-state index contributed by atoms with van der Waals surface area (Å²) in [6.45, 7) is 0. The lowest BCUT2D eigenvalue weighted by atomic mass is 10.0. The van der Waals surface area contributed by atoms with Crippen molar-refractivity contribution in [3.63, 3.8) is 0 Å². The van der Waals surface area contributed by atoms with Gasteiger partial charge in [-0.25, -0.2) is 4.39 Å². The molecule has 0 spiro atoms. The van der Waals surface area contributed by atoms with Crippen LogP contribution < -0.4 is 5.32 Å². The Labute approximate surface area is 109 Å². The van der Waals surface area contributed by atoms with Crippen molar-refractivity contribution in [3.8, 4) is 0 Å². The molecule has 2 rings (SSSR count). The molecule has 0 aliphatic heterocycles. The first-order chi connectivity index (χ1) is 8.15. The molecule has 0 atom stereocenters. The SMILES string of the molecule is O=C(CC1CCCC1)Nc1ccc(F)cc1Br. The molecule has 0 heterocycles. The molecule has 1 saturated carbocycles. The van der Waals surface area contributed by atoms with Crippen LogP contribution in [-0.2, 0) is 4.79 Å². The second-order valence-corrected chi connectivity index (χ2v) is 5.38. The fraction of sp³-hybridized carbons (Fsp3) is 0.462. The lowest BCUT2D eigenvalue weighted by Crippen LogP contribution is -2.15. The molecule has 0 unspecified atom stereocenters. The molecular formula is C13H15BrFNO. The second kappa shape index (κ2) is 5.63. The third-order valence-electron chi connectivity index (χ3n) is 3.15. The Hall–Kier alpha value is -0.900. The summed E-state index contributed by atoms with van der Waals surface area (Å²) in [7, 11) is 0. The predicted octanol–water partition coefficient (Wildman–Crippen LogP) is 4.11. The van der Waals surface area contributed by atoms with Gasteiger partial charge in [-0.2, -0.15) is 0 Å². The normalized spacial score (nSPS) is 16.1. The van der Waals surface area contributed by atoms with Crippen LogP contribution in [0, 0.1) is 11.7 Å². The Kier molecular flexibility index (Phi) is 4.15. The van der Waals surface area contributed by atoms with E-state index in [-0.39, 0.29) is 11.7 Å². The summed E-state index contributed by atoms with van der Waals surface area (Å²) in [5, 5.41) is 2.81. The maximum Gasteiger partial charge on any atom is 0.224 e. The number of benzene rings is 1. The molecule has 1 aliphatic rings. The molecule has 92 valence electrons. The zero-order chi connectivity index (χ0) is 12.3. The van der Waals surface area contributed by atoms with E-state index < -0.39 is 0 Å². The van der Waals surface area contributed by atoms with Gasteiger partial charge in [0.1, 0.15) is 5.82 Å². The van der Waals surface area contributed by atoms with Gasteiger partial charge >= 0.3 is 0 Å². The van der Waals surface area contributed by atoms with E-state index in [0.29, 0.717) is 22.5 Å². The zero-order valence-electron chi connectivity index (χ0n) is 9.51. The molecule has 2 nitrogen and oxygen atoms in total. The fourth-order valence-corrected chi connectivity index (χ4v) is 2.72. The monoisotopic (exact) mass is 299 g/mol. The maximum atomic E-state index is 12.9. The summed E-state index contributed by atoms with van der Waals surface area (Å²) in [5.74, 6) is 0.226. The van der Waals surface area contributed by atoms with Crippen molar-refractivity contribution in [3.05, 3.63) is 28.5 Å². The Morgan fingerprint density at radius 1 is 1.41 bits per heavy atom. The number of nitrogens with one attached hydrogen (secondary N) is 1. The summed E-state index contributed by atoms with van der Waals surface area (Å²) in [6.07, 6.45) is 5.34. The van der Waals surface area contributed by atoms with Crippen LogP contribution >= 0.6 is 15.9 Å². The molecular weight excluding hydrogens is 285 g/mol. The van der Waals surface area contributed by atoms with Crippen molar-refractivity contribution >= 4 is 27.5 Å². The molecule has 0 radical (unpaired) electrons. The summed E-state index contributed by atoms with van der Waals surface area (Å²) in [4.78, 5) is 11.8. The van der Waals surface area contributed by atoms with E-state index in [4.69, 9.17) is 0 Å². The lowest BCUT2D eigenvalue weighted by molar-refractivity contribution is -0.117. The van der Waals surface area contributed by atoms with Crippen molar-refractivity contribution in [1.82, 2.24) is 0 Å². The summed E-state index contributed by atoms with van der Waals surface area (Å²) in [6, 6.07) is 4.27. The van der Waals surface area contributed by atoms with E-state index >= 15 is 0 Å². The Morgan fingerprint density at radius 2 is 2.12 bits per heavy atom. The number of hydrogen-bond donors (Lipinski definition) is 1. The van der Waals surface area contributed by atoms with Gasteiger partial charge in [0.2, 0.25) is 5.91 Å². The summed E-state index contributed by atoms with van der Waals surface area (Å²) in [5.41, 5.74) is 0.634. The van der Waals surface area contributed by atoms with Gasteiger partial charge in [-0.3, -0.25) is 4.79 Å². The quantitative estimate of drug-likeness (QED) is 0.894. The topological polar surface area (TPSA) is 29.1 Å². The van der Waals surface area contributed by atoms with Gasteiger partial charge in [0.05, 0.1) is 5.69 Å². The summed E-state index contributed by atoms with van der Waals surface area (Å²) < 4.78 is 13.5. The average Bonchev–Trinajstić information content (AvgIpc) is 2.75. The van der Waals surface area contributed by atoms with Gasteiger partial charge < -0.3 is 5.32 Å². The van der Waals surface area contributed by atoms with E-state index in [0.717, 1.165) is 12.8 Å². The minimum absolute atomic E-state index is 0.0178. The van der Waals surface area contributed by atoms with Gasteiger partial charge in [-0.1, -0.05) is 12.8 Å². The Balaban J connectivity index is 1.93. The van der Waals surface area contributed by atoms with Gasteiger partial charge in [-0.05, 0) is 52.9 Å². The molecule has 1 aliphatic carbocycles. The van der Waals surface area contributed by atoms with Crippen LogP contribution in [0.25, 0.3) is 0 Å². The fourth-order valence-electron chi connectivity index (χ4n) is 2.27. The second-order valence-electron chi connectivity index (χ2n) is 4.53. The standard InChI is InChI=1S/C13H15BrFNO/c14-11-8-10(15)5-6-12(11)16-13(17)7-9-3-1-2-4-9/h5-6,8-9H,1-4,7H2,(H,16,17). The van der Waals surface area contributed by atoms with Crippen molar-refractivity contribution in [1.29, 1.82) is 0 Å². The van der Waals surface area contributed by atoms with Gasteiger partial charge in [0.25, 0.3) is 0 Å². The van der Waals surface area contributed by atoms with Crippen LogP contribution in [0.1, 0.15) is 32.1 Å². The van der Waals surface area contributed by atoms with Gasteiger partial charge in [0.15, 0.2) is 0 Å². The van der Waals surface area contributed by atoms with E-state index in [1.165, 1.54) is 25.0 Å². The lowest BCUT2D eigenvalue weighted by Gasteiger charge is -2.10. The minimum Gasteiger partial charge on any atom is -0.325 e. The van der Waals surface area contributed by atoms with E-state index in [1.54, 1.807) is 6.07 Å². The van der Waals surface area contributed by atoms with E-state index in [1.807, 2.05) is 0 Å². The molecule has 0 saturated heterocycles. The molecule has 1 N–H and O–H groups in total. The first-order valence-electron chi connectivity index (χ1n) is 5.90. The highest BCUT2D eigenvalue weighted by atomic mass is 79.9. The van der Waals surface area contributed by atoms with Crippen LogP contribution in [0.5, 0.6) is 0 Å². The van der Waals surface area contributed by atoms with Crippen LogP contribution in [0.3, 0.4) is 0 Å². The Bertz CT molecular complexity index is 416. The Morgan fingerprint density at radius 3 is 2.76 bits per heavy atom. The van der Waals surface area contributed by atoms with Crippen LogP contribution in [0.4, 0.5) is 10.1 Å². The maximum absolute atomic E-state index is 12.9. The van der Waals surface area contributed by atoms with Crippen molar-refractivity contribution in [2.45, 2.75) is 32.1 Å². The molecule has 1 aromatic carbocycles. The molecule has 0 aromatic heterocycles. The number of halogens is 2. The molecule has 1 aromatic rings. The first-order valence-corrected chi connectivity index (χ1v) is 6.69. The van der Waals surface area contributed by atoms with Crippen LogP contribution in [0.2, 0.25) is 0 Å². The van der Waals surface area contributed by atoms with Gasteiger partial charge in [0, 0.05) is 10.9 Å². The molecule has 17 heavy (non-hydrogen) atoms. The third kappa shape index (κ3) is 3.53. The van der Waals surface area contributed by atoms with E-state index in [2.05, 4.69) is 21.2 Å². The molecule has 0 bridgehead atoms. The summed E-state index contributed by atoms with van der Waals surface area (Å²) >= 11 is 3.23. The highest BCUT2D eigenvalue weighted by Crippen LogP contribution is 2.28. The van der Waals surface area contributed by atoms with Crippen molar-refractivity contribution in [2.75, 3.05) is 5.32 Å². The van der Waals surface area contributed by atoms with Crippen LogP contribution in [-0.4, -0.2) is 5.91 Å². The van der Waals surface area contributed by atoms with Crippen molar-refractivity contribution in [2.24, 2.45) is 5.92 Å². The number of rotatable bonds is 3. The molecule has 1 fully saturated rings. The average molecular weight is 300 g/mol. The largest absolute Gasteiger partial charge is 0.325 e. The minimum atomic E-state index is -0.314. The number of carbonyl (C=O) groups excluding carboxylic acids is 1.